The highest BCUT2D eigenvalue weighted by atomic mass is 16.5. The number of nitrogens with zero attached hydrogens (tertiary/aromatic N) is 1. The van der Waals surface area contributed by atoms with Gasteiger partial charge in [-0.3, -0.25) is 9.79 Å². The minimum absolute atomic E-state index is 0.124. The van der Waals surface area contributed by atoms with Gasteiger partial charge in [-0.2, -0.15) is 0 Å². The molecule has 0 saturated carbocycles. The van der Waals surface area contributed by atoms with Crippen LogP contribution in [-0.4, -0.2) is 36.2 Å². The van der Waals surface area contributed by atoms with Crippen LogP contribution in [0.5, 0.6) is 0 Å². The predicted octanol–water partition coefficient (Wildman–Crippen LogP) is 10.1. The molecule has 0 aromatic heterocycles. The fraction of sp³-hybridized carbons (Fsp3) is 0.882. The molecule has 0 amide bonds. The van der Waals surface area contributed by atoms with E-state index in [-0.39, 0.29) is 23.8 Å². The Morgan fingerprint density at radius 3 is 2.13 bits per heavy atom. The molecule has 0 aliphatic heterocycles. The number of hydrogen-bond donors (Lipinski definition) is 0. The van der Waals surface area contributed by atoms with Crippen LogP contribution in [0.3, 0.4) is 0 Å². The van der Waals surface area contributed by atoms with Crippen molar-refractivity contribution in [3.05, 3.63) is 12.3 Å². The van der Waals surface area contributed by atoms with Gasteiger partial charge in [-0.25, -0.2) is 0 Å². The van der Waals surface area contributed by atoms with E-state index in [0.29, 0.717) is 18.4 Å². The summed E-state index contributed by atoms with van der Waals surface area (Å²) < 4.78 is 18.0. The van der Waals surface area contributed by atoms with Crippen molar-refractivity contribution < 1.29 is 19.0 Å². The molecule has 2 atom stereocenters. The Hall–Kier alpha value is -1.52. The van der Waals surface area contributed by atoms with Crippen LogP contribution in [0.4, 0.5) is 0 Å². The zero-order valence-corrected chi connectivity index (χ0v) is 27.8. The molecule has 0 aromatic rings. The van der Waals surface area contributed by atoms with Crippen LogP contribution in [0.25, 0.3) is 0 Å². The van der Waals surface area contributed by atoms with Crippen molar-refractivity contribution in [2.45, 2.75) is 164 Å². The molecule has 0 N–H and O–H groups in total. The van der Waals surface area contributed by atoms with E-state index in [1.165, 1.54) is 25.7 Å². The van der Waals surface area contributed by atoms with E-state index in [9.17, 15) is 4.79 Å². The van der Waals surface area contributed by atoms with Crippen LogP contribution in [-0.2, 0) is 19.0 Å². The van der Waals surface area contributed by atoms with Crippen molar-refractivity contribution in [2.75, 3.05) is 13.2 Å². The molecule has 0 aliphatic carbocycles. The number of carbonyl (C=O) groups excluding carboxylic acids is 1. The zero-order chi connectivity index (χ0) is 30.1. The summed E-state index contributed by atoms with van der Waals surface area (Å²) >= 11 is 0. The second-order valence-corrected chi connectivity index (χ2v) is 13.5. The smallest absolute Gasteiger partial charge is 0.311 e. The van der Waals surface area contributed by atoms with Crippen LogP contribution in [0.1, 0.15) is 153 Å². The highest BCUT2D eigenvalue weighted by Crippen LogP contribution is 2.31. The molecule has 0 bridgehead atoms. The second kappa shape index (κ2) is 18.8. The summed E-state index contributed by atoms with van der Waals surface area (Å²) in [6.07, 6.45) is 12.9. The van der Waals surface area contributed by atoms with Crippen molar-refractivity contribution in [1.29, 1.82) is 0 Å². The molecule has 0 radical (unpaired) electrons. The minimum atomic E-state index is -0.424. The Morgan fingerprint density at radius 1 is 0.897 bits per heavy atom. The van der Waals surface area contributed by atoms with E-state index >= 15 is 0 Å². The number of unbranched alkanes of at least 4 members (excludes halogenated alkanes) is 3. The number of hydrogen-bond acceptors (Lipinski definition) is 5. The van der Waals surface area contributed by atoms with Crippen molar-refractivity contribution >= 4 is 11.9 Å². The second-order valence-electron chi connectivity index (χ2n) is 13.5. The molecular weight excluding hydrogens is 486 g/mol. The lowest BCUT2D eigenvalue weighted by Crippen LogP contribution is -2.31. The summed E-state index contributed by atoms with van der Waals surface area (Å²) in [7, 11) is 0. The van der Waals surface area contributed by atoms with E-state index in [4.69, 9.17) is 14.2 Å². The summed E-state index contributed by atoms with van der Waals surface area (Å²) in [5.74, 6) is 2.61. The lowest BCUT2D eigenvalue weighted by molar-refractivity contribution is -0.155. The molecule has 0 aromatic carbocycles. The van der Waals surface area contributed by atoms with Gasteiger partial charge in [0.25, 0.3) is 0 Å². The molecule has 0 heterocycles. The summed E-state index contributed by atoms with van der Waals surface area (Å²) in [5.41, 5.74) is -0.863. The molecule has 5 nitrogen and oxygen atoms in total. The highest BCUT2D eigenvalue weighted by Gasteiger charge is 2.33. The monoisotopic (exact) mass is 551 g/mol. The van der Waals surface area contributed by atoms with Gasteiger partial charge >= 0.3 is 5.97 Å². The molecule has 5 heteroatoms. The van der Waals surface area contributed by atoms with E-state index < -0.39 is 5.41 Å². The number of rotatable bonds is 22. The van der Waals surface area contributed by atoms with Crippen molar-refractivity contribution in [2.24, 2.45) is 22.2 Å². The highest BCUT2D eigenvalue weighted by molar-refractivity contribution is 5.76. The molecule has 0 spiro atoms. The SMILES string of the molecule is C=C(CCCCCC(C)(C)OC(C)=NCCOC(=O)C(C)(CC)CC(C)C)OC(C)(C)CC(CC)CCCC. The number of esters is 1. The normalized spacial score (nSPS) is 15.1. The molecule has 39 heavy (non-hydrogen) atoms. The third kappa shape index (κ3) is 17.7. The maximum Gasteiger partial charge on any atom is 0.311 e. The summed E-state index contributed by atoms with van der Waals surface area (Å²) in [5, 5.41) is 0. The van der Waals surface area contributed by atoms with Crippen molar-refractivity contribution in [3.8, 4) is 0 Å². The Morgan fingerprint density at radius 2 is 1.56 bits per heavy atom. The fourth-order valence-electron chi connectivity index (χ4n) is 5.44. The molecule has 0 saturated heterocycles. The Kier molecular flexibility index (Phi) is 18.0. The number of allylic oxidation sites excluding steroid dienone is 1. The lowest BCUT2D eigenvalue weighted by Gasteiger charge is -2.31. The van der Waals surface area contributed by atoms with Gasteiger partial charge in [0.2, 0.25) is 0 Å². The fourth-order valence-corrected chi connectivity index (χ4v) is 5.44. The summed E-state index contributed by atoms with van der Waals surface area (Å²) in [6, 6.07) is 0. The maximum absolute atomic E-state index is 12.6. The number of aliphatic imine (C=N–C) groups is 1. The van der Waals surface area contributed by atoms with Gasteiger partial charge in [0.05, 0.1) is 17.7 Å². The standard InChI is InChI=1S/C34H65NO4/c1-13-16-21-30(14-2)26-33(10,11)38-28(6)20-18-17-19-22-32(8,9)39-29(7)35-23-24-37-31(36)34(12,15-3)25-27(4)5/h27,30H,6,13-26H2,1-5,7-12H3. The largest absolute Gasteiger partial charge is 0.493 e. The average Bonchev–Trinajstić information content (AvgIpc) is 2.82. The van der Waals surface area contributed by atoms with E-state index in [2.05, 4.69) is 67.0 Å². The Balaban J connectivity index is 4.33. The van der Waals surface area contributed by atoms with Crippen LogP contribution in [0.2, 0.25) is 0 Å². The third-order valence-corrected chi connectivity index (χ3v) is 7.69. The van der Waals surface area contributed by atoms with E-state index in [0.717, 1.165) is 63.0 Å². The quantitative estimate of drug-likeness (QED) is 0.0441. The molecule has 0 aliphatic rings. The third-order valence-electron chi connectivity index (χ3n) is 7.69. The number of ether oxygens (including phenoxy) is 3. The van der Waals surface area contributed by atoms with Gasteiger partial charge in [-0.1, -0.05) is 73.3 Å². The van der Waals surface area contributed by atoms with Crippen molar-refractivity contribution in [3.63, 3.8) is 0 Å². The first-order valence-corrected chi connectivity index (χ1v) is 15.8. The van der Waals surface area contributed by atoms with Gasteiger partial charge in [-0.15, -0.1) is 0 Å². The minimum Gasteiger partial charge on any atom is -0.493 e. The van der Waals surface area contributed by atoms with Gasteiger partial charge in [-0.05, 0) is 85.0 Å². The zero-order valence-electron chi connectivity index (χ0n) is 27.8. The first-order chi connectivity index (χ1) is 18.1. The molecule has 230 valence electrons. The van der Waals surface area contributed by atoms with Gasteiger partial charge in [0, 0.05) is 13.3 Å². The van der Waals surface area contributed by atoms with Crippen LogP contribution < -0.4 is 0 Å². The van der Waals surface area contributed by atoms with Crippen LogP contribution >= 0.6 is 0 Å². The topological polar surface area (TPSA) is 57.1 Å². The average molecular weight is 552 g/mol. The molecule has 2 unspecified atom stereocenters. The molecular formula is C34H65NO4. The Labute approximate surface area is 242 Å². The lowest BCUT2D eigenvalue weighted by atomic mass is 9.80. The summed E-state index contributed by atoms with van der Waals surface area (Å²) in [4.78, 5) is 17.0. The predicted molar refractivity (Wildman–Crippen MR) is 167 cm³/mol. The molecule has 0 fully saturated rings. The van der Waals surface area contributed by atoms with Crippen LogP contribution in [0.15, 0.2) is 17.3 Å². The Bertz CT molecular complexity index is 725. The number of carbonyl (C=O) groups is 1. The van der Waals surface area contributed by atoms with Gasteiger partial charge in [0.15, 0.2) is 5.90 Å². The van der Waals surface area contributed by atoms with Crippen molar-refractivity contribution in [1.82, 2.24) is 0 Å². The first kappa shape index (κ1) is 37.5. The molecule has 0 rings (SSSR count). The van der Waals surface area contributed by atoms with E-state index in [1.807, 2.05) is 20.8 Å². The van der Waals surface area contributed by atoms with Gasteiger partial charge < -0.3 is 14.2 Å². The maximum atomic E-state index is 12.6. The summed E-state index contributed by atoms with van der Waals surface area (Å²) in [6.45, 7) is 28.3. The first-order valence-electron chi connectivity index (χ1n) is 15.8. The van der Waals surface area contributed by atoms with E-state index in [1.54, 1.807) is 0 Å². The van der Waals surface area contributed by atoms with Gasteiger partial charge in [0.1, 0.15) is 17.8 Å². The van der Waals surface area contributed by atoms with Crippen LogP contribution in [0, 0.1) is 17.3 Å².